The normalized spacial score (nSPS) is 11.1. The van der Waals surface area contributed by atoms with E-state index in [0.29, 0.717) is 36.3 Å². The first-order valence-corrected chi connectivity index (χ1v) is 10.8. The van der Waals surface area contributed by atoms with Crippen LogP contribution in [0.15, 0.2) is 85.1 Å². The first-order chi connectivity index (χ1) is 17.0. The van der Waals surface area contributed by atoms with Crippen LogP contribution in [0.4, 0.5) is 5.69 Å². The van der Waals surface area contributed by atoms with Crippen molar-refractivity contribution < 1.29 is 9.72 Å². The lowest BCUT2D eigenvalue weighted by Crippen LogP contribution is -2.26. The van der Waals surface area contributed by atoms with Gasteiger partial charge >= 0.3 is 0 Å². The molecule has 2 aromatic heterocycles. The van der Waals surface area contributed by atoms with E-state index >= 15 is 0 Å². The standard InChI is InChI=1S/C25H21N7O3/c26-16-20(25(33)28-10-5-12-30-13-11-27-18-30)14-21-17-31(22-7-2-1-3-8-22)29-24(21)19-6-4-9-23(15-19)32(34)35/h1-4,6-9,11,13-15,17-18H,5,10,12H2,(H,28,33). The highest BCUT2D eigenvalue weighted by molar-refractivity contribution is 6.02. The molecule has 0 aliphatic rings. The number of nitrogens with zero attached hydrogens (tertiary/aromatic N) is 6. The summed E-state index contributed by atoms with van der Waals surface area (Å²) in [6, 6.07) is 17.3. The Labute approximate surface area is 200 Å². The molecule has 4 rings (SSSR count). The molecule has 0 saturated carbocycles. The molecule has 1 N–H and O–H groups in total. The predicted octanol–water partition coefficient (Wildman–Crippen LogP) is 3.76. The molecule has 174 valence electrons. The maximum absolute atomic E-state index is 12.7. The Morgan fingerprint density at radius 2 is 2.03 bits per heavy atom. The number of nitro groups is 1. The molecule has 0 unspecified atom stereocenters. The Hall–Kier alpha value is -5.04. The minimum atomic E-state index is -0.504. The van der Waals surface area contributed by atoms with E-state index in [1.165, 1.54) is 18.2 Å². The second-order valence-corrected chi connectivity index (χ2v) is 7.60. The number of carbonyl (C=O) groups is 1. The lowest BCUT2D eigenvalue weighted by atomic mass is 10.1. The summed E-state index contributed by atoms with van der Waals surface area (Å²) in [4.78, 5) is 27.4. The average Bonchev–Trinajstić information content (AvgIpc) is 3.56. The van der Waals surface area contributed by atoms with Crippen molar-refractivity contribution in [3.63, 3.8) is 0 Å². The number of nitrogens with one attached hydrogen (secondary N) is 1. The summed E-state index contributed by atoms with van der Waals surface area (Å²) in [5, 5.41) is 28.3. The van der Waals surface area contributed by atoms with Crippen LogP contribution in [0.25, 0.3) is 23.0 Å². The second-order valence-electron chi connectivity index (χ2n) is 7.60. The molecule has 0 aliphatic carbocycles. The third kappa shape index (κ3) is 5.66. The maximum Gasteiger partial charge on any atom is 0.270 e. The molecule has 10 heteroatoms. The number of nitro benzene ring substituents is 1. The van der Waals surface area contributed by atoms with Crippen LogP contribution >= 0.6 is 0 Å². The van der Waals surface area contributed by atoms with Gasteiger partial charge in [-0.15, -0.1) is 0 Å². The fraction of sp³-hybridized carbons (Fsp3) is 0.120. The van der Waals surface area contributed by atoms with Gasteiger partial charge in [-0.3, -0.25) is 14.9 Å². The van der Waals surface area contributed by atoms with Crippen LogP contribution in [0.2, 0.25) is 0 Å². The molecule has 10 nitrogen and oxygen atoms in total. The molecule has 0 bridgehead atoms. The second kappa shape index (κ2) is 10.7. The van der Waals surface area contributed by atoms with Gasteiger partial charge in [-0.25, -0.2) is 9.67 Å². The first kappa shape index (κ1) is 23.1. The van der Waals surface area contributed by atoms with Gasteiger partial charge in [-0.1, -0.05) is 30.3 Å². The van der Waals surface area contributed by atoms with Crippen molar-refractivity contribution in [1.82, 2.24) is 24.6 Å². The van der Waals surface area contributed by atoms with E-state index < -0.39 is 10.8 Å². The van der Waals surface area contributed by atoms with Crippen LogP contribution in [0.3, 0.4) is 0 Å². The number of hydrogen-bond donors (Lipinski definition) is 1. The van der Waals surface area contributed by atoms with Crippen LogP contribution in [0, 0.1) is 21.4 Å². The number of benzene rings is 2. The molecular weight excluding hydrogens is 446 g/mol. The largest absolute Gasteiger partial charge is 0.351 e. The maximum atomic E-state index is 12.7. The number of non-ortho nitro benzene ring substituents is 1. The number of aryl methyl sites for hydroxylation is 1. The monoisotopic (exact) mass is 467 g/mol. The molecule has 35 heavy (non-hydrogen) atoms. The van der Waals surface area contributed by atoms with Crippen molar-refractivity contribution in [3.05, 3.63) is 101 Å². The summed E-state index contributed by atoms with van der Waals surface area (Å²) in [7, 11) is 0. The molecule has 0 fully saturated rings. The third-order valence-electron chi connectivity index (χ3n) is 5.20. The van der Waals surface area contributed by atoms with Crippen molar-refractivity contribution >= 4 is 17.7 Å². The van der Waals surface area contributed by atoms with Gasteiger partial charge in [-0.2, -0.15) is 10.4 Å². The van der Waals surface area contributed by atoms with Crippen LogP contribution in [0.5, 0.6) is 0 Å². The molecule has 4 aromatic rings. The highest BCUT2D eigenvalue weighted by Crippen LogP contribution is 2.28. The van der Waals surface area contributed by atoms with Gasteiger partial charge in [0.05, 0.1) is 16.9 Å². The van der Waals surface area contributed by atoms with Gasteiger partial charge in [0, 0.05) is 54.9 Å². The fourth-order valence-corrected chi connectivity index (χ4v) is 3.48. The predicted molar refractivity (Wildman–Crippen MR) is 129 cm³/mol. The van der Waals surface area contributed by atoms with Gasteiger partial charge in [0.1, 0.15) is 17.3 Å². The number of imidazole rings is 1. The number of amides is 1. The van der Waals surface area contributed by atoms with E-state index in [0.717, 1.165) is 5.69 Å². The number of para-hydroxylation sites is 1. The van der Waals surface area contributed by atoms with Gasteiger partial charge in [0.15, 0.2) is 0 Å². The molecule has 2 heterocycles. The zero-order chi connectivity index (χ0) is 24.6. The molecule has 0 radical (unpaired) electrons. The summed E-state index contributed by atoms with van der Waals surface area (Å²) >= 11 is 0. The number of aromatic nitrogens is 4. The van der Waals surface area contributed by atoms with Crippen LogP contribution in [-0.2, 0) is 11.3 Å². The number of carbonyl (C=O) groups excluding carboxylic acids is 1. The van der Waals surface area contributed by atoms with E-state index in [4.69, 9.17) is 0 Å². The Bertz CT molecular complexity index is 1400. The van der Waals surface area contributed by atoms with Crippen molar-refractivity contribution in [2.45, 2.75) is 13.0 Å². The Balaban J connectivity index is 1.62. The van der Waals surface area contributed by atoms with E-state index in [-0.39, 0.29) is 11.3 Å². The zero-order valence-corrected chi connectivity index (χ0v) is 18.6. The van der Waals surface area contributed by atoms with E-state index in [2.05, 4.69) is 15.4 Å². The first-order valence-electron chi connectivity index (χ1n) is 10.8. The molecule has 0 aliphatic heterocycles. The topological polar surface area (TPSA) is 132 Å². The minimum Gasteiger partial charge on any atom is -0.351 e. The van der Waals surface area contributed by atoms with E-state index in [9.17, 15) is 20.2 Å². The van der Waals surface area contributed by atoms with Crippen molar-refractivity contribution in [1.29, 1.82) is 5.26 Å². The molecule has 0 spiro atoms. The SMILES string of the molecule is N#CC(=Cc1cn(-c2ccccc2)nc1-c1cccc([N+](=O)[O-])c1)C(=O)NCCCn1ccnc1. The van der Waals surface area contributed by atoms with Gasteiger partial charge < -0.3 is 9.88 Å². The molecular formula is C25H21N7O3. The van der Waals surface area contributed by atoms with Crippen LogP contribution in [-0.4, -0.2) is 36.7 Å². The zero-order valence-electron chi connectivity index (χ0n) is 18.6. The fourth-order valence-electron chi connectivity index (χ4n) is 3.48. The summed E-state index contributed by atoms with van der Waals surface area (Å²) in [6.07, 6.45) is 9.03. The Kier molecular flexibility index (Phi) is 7.08. The van der Waals surface area contributed by atoms with Crippen molar-refractivity contribution in [3.8, 4) is 23.0 Å². The van der Waals surface area contributed by atoms with Crippen LogP contribution < -0.4 is 5.32 Å². The quantitative estimate of drug-likeness (QED) is 0.131. The van der Waals surface area contributed by atoms with E-state index in [1.54, 1.807) is 35.5 Å². The molecule has 0 atom stereocenters. The van der Waals surface area contributed by atoms with Crippen molar-refractivity contribution in [2.75, 3.05) is 6.54 Å². The van der Waals surface area contributed by atoms with E-state index in [1.807, 2.05) is 47.2 Å². The smallest absolute Gasteiger partial charge is 0.270 e. The Morgan fingerprint density at radius 1 is 1.20 bits per heavy atom. The average molecular weight is 467 g/mol. The van der Waals surface area contributed by atoms with Gasteiger partial charge in [0.25, 0.3) is 11.6 Å². The Morgan fingerprint density at radius 3 is 2.74 bits per heavy atom. The summed E-state index contributed by atoms with van der Waals surface area (Å²) in [6.45, 7) is 1.07. The lowest BCUT2D eigenvalue weighted by Gasteiger charge is -2.05. The third-order valence-corrected chi connectivity index (χ3v) is 5.20. The summed E-state index contributed by atoms with van der Waals surface area (Å²) < 4.78 is 3.51. The molecule has 1 amide bonds. The number of rotatable bonds is 9. The summed E-state index contributed by atoms with van der Waals surface area (Å²) in [5.41, 5.74) is 1.99. The van der Waals surface area contributed by atoms with Crippen LogP contribution in [0.1, 0.15) is 12.0 Å². The highest BCUT2D eigenvalue weighted by atomic mass is 16.6. The minimum absolute atomic E-state index is 0.0807. The highest BCUT2D eigenvalue weighted by Gasteiger charge is 2.17. The van der Waals surface area contributed by atoms with Gasteiger partial charge in [0.2, 0.25) is 0 Å². The van der Waals surface area contributed by atoms with Gasteiger partial charge in [-0.05, 0) is 24.6 Å². The number of nitriles is 1. The number of hydrogen-bond acceptors (Lipinski definition) is 6. The molecule has 2 aromatic carbocycles. The molecule has 0 saturated heterocycles. The summed E-state index contributed by atoms with van der Waals surface area (Å²) in [5.74, 6) is -0.504. The van der Waals surface area contributed by atoms with Crippen molar-refractivity contribution in [2.24, 2.45) is 0 Å². The lowest BCUT2D eigenvalue weighted by molar-refractivity contribution is -0.384.